The molecule has 1 saturated heterocycles. The van der Waals surface area contributed by atoms with Gasteiger partial charge in [0.2, 0.25) is 0 Å². The third-order valence-corrected chi connectivity index (χ3v) is 7.26. The van der Waals surface area contributed by atoms with Crippen molar-refractivity contribution in [2.24, 2.45) is 0 Å². The van der Waals surface area contributed by atoms with Crippen molar-refractivity contribution in [3.63, 3.8) is 0 Å². The highest BCUT2D eigenvalue weighted by molar-refractivity contribution is 7.91. The summed E-state index contributed by atoms with van der Waals surface area (Å²) in [4.78, 5) is 20.9. The molecule has 1 aromatic carbocycles. The molecule has 4 rings (SSSR count). The lowest BCUT2D eigenvalue weighted by Crippen LogP contribution is -2.43. The first kappa shape index (κ1) is 19.7. The summed E-state index contributed by atoms with van der Waals surface area (Å²) in [5.41, 5.74) is 3.18. The van der Waals surface area contributed by atoms with Crippen LogP contribution in [-0.4, -0.2) is 67.9 Å². The normalized spacial score (nSPS) is 20.4. The minimum atomic E-state index is -3.00. The Labute approximate surface area is 171 Å². The van der Waals surface area contributed by atoms with Gasteiger partial charge in [0.25, 0.3) is 5.91 Å². The Balaban J connectivity index is 1.31. The van der Waals surface area contributed by atoms with Crippen LogP contribution in [0.25, 0.3) is 0 Å². The minimum Gasteiger partial charge on any atom is -0.368 e. The van der Waals surface area contributed by atoms with Crippen LogP contribution in [0.4, 0.5) is 11.5 Å². The second-order valence-electron chi connectivity index (χ2n) is 7.68. The number of benzene rings is 1. The predicted octanol–water partition coefficient (Wildman–Crippen LogP) is 1.82. The van der Waals surface area contributed by atoms with E-state index in [4.69, 9.17) is 0 Å². The first-order valence-electron chi connectivity index (χ1n) is 9.97. The number of anilines is 2. The van der Waals surface area contributed by atoms with Crippen molar-refractivity contribution in [1.82, 2.24) is 9.88 Å². The predicted molar refractivity (Wildman–Crippen MR) is 114 cm³/mol. The molecule has 1 unspecified atom stereocenters. The summed E-state index contributed by atoms with van der Waals surface area (Å²) in [6.07, 6.45) is 2.63. The van der Waals surface area contributed by atoms with Gasteiger partial charge in [-0.1, -0.05) is 18.2 Å². The monoisotopic (exact) mass is 414 g/mol. The highest BCUT2D eigenvalue weighted by Crippen LogP contribution is 2.31. The van der Waals surface area contributed by atoms with Gasteiger partial charge in [0.05, 0.1) is 17.1 Å². The molecule has 154 valence electrons. The molecule has 0 spiro atoms. The number of para-hydroxylation sites is 1. The number of amides is 1. The number of nitrogens with zero attached hydrogens (tertiary/aromatic N) is 3. The lowest BCUT2D eigenvalue weighted by Gasteiger charge is -2.26. The number of carbonyl (C=O) groups is 1. The molecule has 2 aliphatic rings. The second kappa shape index (κ2) is 8.02. The number of fused-ring (bicyclic) bond motifs is 1. The average molecular weight is 415 g/mol. The molecule has 0 radical (unpaired) electrons. The van der Waals surface area contributed by atoms with Crippen LogP contribution < -0.4 is 10.2 Å². The van der Waals surface area contributed by atoms with Gasteiger partial charge in [-0.15, -0.1) is 0 Å². The zero-order valence-corrected chi connectivity index (χ0v) is 17.4. The van der Waals surface area contributed by atoms with Gasteiger partial charge in [-0.3, -0.25) is 4.79 Å². The smallest absolute Gasteiger partial charge is 0.255 e. The topological polar surface area (TPSA) is 82.6 Å². The van der Waals surface area contributed by atoms with Crippen molar-refractivity contribution in [3.8, 4) is 0 Å². The maximum Gasteiger partial charge on any atom is 0.255 e. The maximum absolute atomic E-state index is 12.5. The van der Waals surface area contributed by atoms with Crippen molar-refractivity contribution in [2.75, 3.05) is 47.9 Å². The molecule has 2 aliphatic heterocycles. The van der Waals surface area contributed by atoms with E-state index in [9.17, 15) is 13.2 Å². The van der Waals surface area contributed by atoms with Crippen molar-refractivity contribution in [1.29, 1.82) is 0 Å². The van der Waals surface area contributed by atoms with Crippen LogP contribution in [0.15, 0.2) is 42.6 Å². The molecular formula is C21H26N4O3S. The molecule has 0 aliphatic carbocycles. The van der Waals surface area contributed by atoms with E-state index in [1.165, 1.54) is 11.3 Å². The molecule has 1 atom stereocenters. The molecule has 1 fully saturated rings. The van der Waals surface area contributed by atoms with E-state index in [-0.39, 0.29) is 30.5 Å². The van der Waals surface area contributed by atoms with E-state index in [1.54, 1.807) is 23.2 Å². The van der Waals surface area contributed by atoms with Crippen LogP contribution in [-0.2, 0) is 16.3 Å². The second-order valence-corrected chi connectivity index (χ2v) is 9.98. The molecule has 0 bridgehead atoms. The van der Waals surface area contributed by atoms with Crippen molar-refractivity contribution >= 4 is 27.2 Å². The molecule has 29 heavy (non-hydrogen) atoms. The number of sulfone groups is 1. The van der Waals surface area contributed by atoms with Gasteiger partial charge >= 0.3 is 0 Å². The Morgan fingerprint density at radius 2 is 1.93 bits per heavy atom. The molecule has 2 aromatic rings. The first-order valence-corrected chi connectivity index (χ1v) is 11.8. The fourth-order valence-corrected chi connectivity index (χ4v) is 5.20. The lowest BCUT2D eigenvalue weighted by atomic mass is 10.1. The summed E-state index contributed by atoms with van der Waals surface area (Å²) >= 11 is 0. The summed E-state index contributed by atoms with van der Waals surface area (Å²) in [6, 6.07) is 12.5. The first-order chi connectivity index (χ1) is 13.9. The molecule has 0 saturated carbocycles. The summed E-state index contributed by atoms with van der Waals surface area (Å²) in [5.74, 6) is 0.623. The molecule has 7 nitrogen and oxygen atoms in total. The third kappa shape index (κ3) is 4.37. The SMILES string of the molecule is CC1Cc2ccccc2N1CCNc1ccc(C(=O)N2CCS(=O)(=O)CC2)cn1. The number of hydrogen-bond acceptors (Lipinski definition) is 6. The van der Waals surface area contributed by atoms with Crippen molar-refractivity contribution in [3.05, 3.63) is 53.7 Å². The van der Waals surface area contributed by atoms with Gasteiger partial charge in [-0.25, -0.2) is 13.4 Å². The van der Waals surface area contributed by atoms with Gasteiger partial charge < -0.3 is 15.1 Å². The zero-order chi connectivity index (χ0) is 20.4. The van der Waals surface area contributed by atoms with Gasteiger partial charge in [0.15, 0.2) is 9.84 Å². The highest BCUT2D eigenvalue weighted by Gasteiger charge is 2.26. The highest BCUT2D eigenvalue weighted by atomic mass is 32.2. The Kier molecular flexibility index (Phi) is 5.45. The minimum absolute atomic E-state index is 0.0316. The number of carbonyl (C=O) groups excluding carboxylic acids is 1. The van der Waals surface area contributed by atoms with E-state index >= 15 is 0 Å². The van der Waals surface area contributed by atoms with Crippen LogP contribution in [0.3, 0.4) is 0 Å². The molecule has 1 amide bonds. The van der Waals surface area contributed by atoms with Crippen molar-refractivity contribution in [2.45, 2.75) is 19.4 Å². The third-order valence-electron chi connectivity index (χ3n) is 5.65. The Morgan fingerprint density at radius 1 is 1.17 bits per heavy atom. The van der Waals surface area contributed by atoms with Crippen LogP contribution in [0, 0.1) is 0 Å². The number of hydrogen-bond donors (Lipinski definition) is 1. The molecule has 1 N–H and O–H groups in total. The molecular weight excluding hydrogens is 388 g/mol. The fourth-order valence-electron chi connectivity index (χ4n) is 4.00. The van der Waals surface area contributed by atoms with E-state index in [2.05, 4.69) is 46.4 Å². The summed E-state index contributed by atoms with van der Waals surface area (Å²) in [7, 11) is -3.00. The van der Waals surface area contributed by atoms with E-state index in [0.29, 0.717) is 11.6 Å². The number of pyridine rings is 1. The van der Waals surface area contributed by atoms with Crippen molar-refractivity contribution < 1.29 is 13.2 Å². The Hall–Kier alpha value is -2.61. The van der Waals surface area contributed by atoms with Gasteiger partial charge in [-0.2, -0.15) is 0 Å². The fraction of sp³-hybridized carbons (Fsp3) is 0.429. The van der Waals surface area contributed by atoms with E-state index in [1.807, 2.05) is 0 Å². The lowest BCUT2D eigenvalue weighted by molar-refractivity contribution is 0.0770. The van der Waals surface area contributed by atoms with Crippen LogP contribution in [0.5, 0.6) is 0 Å². The van der Waals surface area contributed by atoms with Gasteiger partial charge in [0, 0.05) is 44.1 Å². The van der Waals surface area contributed by atoms with Gasteiger partial charge in [0.1, 0.15) is 5.82 Å². The van der Waals surface area contributed by atoms with Crippen LogP contribution in [0.2, 0.25) is 0 Å². The Morgan fingerprint density at radius 3 is 2.66 bits per heavy atom. The summed E-state index contributed by atoms with van der Waals surface area (Å²) in [5, 5.41) is 3.32. The maximum atomic E-state index is 12.5. The van der Waals surface area contributed by atoms with E-state index < -0.39 is 9.84 Å². The van der Waals surface area contributed by atoms with Gasteiger partial charge in [-0.05, 0) is 37.1 Å². The van der Waals surface area contributed by atoms with Crippen LogP contribution >= 0.6 is 0 Å². The summed E-state index contributed by atoms with van der Waals surface area (Å²) in [6.45, 7) is 4.36. The zero-order valence-electron chi connectivity index (χ0n) is 16.5. The average Bonchev–Trinajstić information content (AvgIpc) is 3.03. The standard InChI is InChI=1S/C21H26N4O3S/c1-16-14-17-4-2-3-5-19(17)25(16)9-8-22-20-7-6-18(15-23-20)21(26)24-10-12-29(27,28)13-11-24/h2-7,15-16H,8-14H2,1H3,(H,22,23). The number of aromatic nitrogens is 1. The van der Waals surface area contributed by atoms with E-state index in [0.717, 1.165) is 25.3 Å². The molecule has 8 heteroatoms. The van der Waals surface area contributed by atoms with Crippen LogP contribution in [0.1, 0.15) is 22.8 Å². The number of rotatable bonds is 5. The summed E-state index contributed by atoms with van der Waals surface area (Å²) < 4.78 is 23.0. The number of nitrogens with one attached hydrogen (secondary N) is 1. The largest absolute Gasteiger partial charge is 0.368 e. The quantitative estimate of drug-likeness (QED) is 0.804. The molecule has 1 aromatic heterocycles. The Bertz CT molecular complexity index is 977. The molecule has 3 heterocycles.